The zero-order valence-corrected chi connectivity index (χ0v) is 9.19. The Balaban J connectivity index is 2.24. The van der Waals surface area contributed by atoms with Gasteiger partial charge < -0.3 is 4.74 Å². The lowest BCUT2D eigenvalue weighted by molar-refractivity contribution is -0.387. The van der Waals surface area contributed by atoms with Crippen LogP contribution >= 0.6 is 0 Å². The molecule has 96 valence electrons. The summed E-state index contributed by atoms with van der Waals surface area (Å²) >= 11 is 0. The van der Waals surface area contributed by atoms with E-state index in [1.165, 1.54) is 0 Å². The number of carbonyl (C=O) groups excluding carboxylic acids is 1. The first-order chi connectivity index (χ1) is 8.49. The van der Waals surface area contributed by atoms with Gasteiger partial charge in [0.15, 0.2) is 0 Å². The molecule has 0 aromatic heterocycles. The van der Waals surface area contributed by atoms with E-state index < -0.39 is 33.8 Å². The monoisotopic (exact) mass is 257 g/mol. The van der Waals surface area contributed by atoms with Crippen molar-refractivity contribution in [3.8, 4) is 0 Å². The number of carbonyl (C=O) groups is 1. The average Bonchev–Trinajstić information content (AvgIpc) is 2.25. The van der Waals surface area contributed by atoms with Crippen LogP contribution in [0.1, 0.15) is 29.6 Å². The maximum Gasteiger partial charge on any atom is 0.341 e. The van der Waals surface area contributed by atoms with Gasteiger partial charge in [-0.1, -0.05) is 0 Å². The van der Waals surface area contributed by atoms with Gasteiger partial charge in [-0.05, 0) is 25.3 Å². The third-order valence-electron chi connectivity index (χ3n) is 2.78. The maximum atomic E-state index is 13.4. The molecule has 1 aromatic rings. The molecule has 0 aliphatic heterocycles. The lowest BCUT2D eigenvalue weighted by Crippen LogP contribution is -2.25. The lowest BCUT2D eigenvalue weighted by Gasteiger charge is -2.25. The van der Waals surface area contributed by atoms with E-state index in [0.29, 0.717) is 25.0 Å². The quantitative estimate of drug-likeness (QED) is 0.474. The van der Waals surface area contributed by atoms with Gasteiger partial charge in [0.25, 0.3) is 0 Å². The Kier molecular flexibility index (Phi) is 3.22. The second kappa shape index (κ2) is 4.67. The number of ether oxygens (including phenoxy) is 1. The van der Waals surface area contributed by atoms with E-state index in [4.69, 9.17) is 4.74 Å². The minimum atomic E-state index is -1.26. The molecule has 18 heavy (non-hydrogen) atoms. The van der Waals surface area contributed by atoms with Crippen molar-refractivity contribution in [1.29, 1.82) is 0 Å². The largest absolute Gasteiger partial charge is 0.459 e. The maximum absolute atomic E-state index is 13.4. The number of nitro benzene ring substituents is 1. The SMILES string of the molecule is O=C(OC1CCC1)c1cc(F)c([N+](=O)[O-])cc1F. The van der Waals surface area contributed by atoms with Gasteiger partial charge in [-0.25, -0.2) is 9.18 Å². The number of nitrogens with zero attached hydrogens (tertiary/aromatic N) is 1. The molecule has 1 saturated carbocycles. The van der Waals surface area contributed by atoms with Gasteiger partial charge in [-0.2, -0.15) is 4.39 Å². The van der Waals surface area contributed by atoms with E-state index in [1.807, 2.05) is 0 Å². The van der Waals surface area contributed by atoms with Crippen LogP contribution in [0.15, 0.2) is 12.1 Å². The molecule has 1 aliphatic rings. The minimum absolute atomic E-state index is 0.268. The highest BCUT2D eigenvalue weighted by molar-refractivity contribution is 5.90. The predicted octanol–water partition coefficient (Wildman–Crippen LogP) is 2.58. The summed E-state index contributed by atoms with van der Waals surface area (Å²) < 4.78 is 31.6. The molecule has 5 nitrogen and oxygen atoms in total. The van der Waals surface area contributed by atoms with E-state index in [9.17, 15) is 23.7 Å². The van der Waals surface area contributed by atoms with Crippen molar-refractivity contribution in [1.82, 2.24) is 0 Å². The second-order valence-corrected chi connectivity index (χ2v) is 4.00. The summed E-state index contributed by atoms with van der Waals surface area (Å²) in [6, 6.07) is 0.876. The minimum Gasteiger partial charge on any atom is -0.459 e. The number of rotatable bonds is 3. The van der Waals surface area contributed by atoms with E-state index in [-0.39, 0.29) is 6.10 Å². The van der Waals surface area contributed by atoms with Crippen LogP contribution in [0, 0.1) is 21.7 Å². The summed E-state index contributed by atoms with van der Waals surface area (Å²) in [7, 11) is 0. The Labute approximate surface area is 101 Å². The molecule has 0 atom stereocenters. The molecule has 7 heteroatoms. The Morgan fingerprint density at radius 3 is 2.50 bits per heavy atom. The smallest absolute Gasteiger partial charge is 0.341 e. The molecular weight excluding hydrogens is 248 g/mol. The molecule has 0 unspecified atom stereocenters. The molecule has 0 amide bonds. The second-order valence-electron chi connectivity index (χ2n) is 4.00. The molecule has 1 aliphatic carbocycles. The molecule has 0 heterocycles. The van der Waals surface area contributed by atoms with Crippen LogP contribution in [-0.2, 0) is 4.74 Å². The van der Waals surface area contributed by atoms with Crippen molar-refractivity contribution in [2.45, 2.75) is 25.4 Å². The van der Waals surface area contributed by atoms with Crippen LogP contribution in [0.2, 0.25) is 0 Å². The number of hydrogen-bond donors (Lipinski definition) is 0. The summed E-state index contributed by atoms with van der Waals surface area (Å²) in [5.41, 5.74) is -1.63. The van der Waals surface area contributed by atoms with Crippen molar-refractivity contribution in [3.63, 3.8) is 0 Å². The Morgan fingerprint density at radius 1 is 1.33 bits per heavy atom. The number of halogens is 2. The van der Waals surface area contributed by atoms with Crippen LogP contribution in [0.5, 0.6) is 0 Å². The number of benzene rings is 1. The molecule has 0 spiro atoms. The average molecular weight is 257 g/mol. The standard InChI is InChI=1S/C11H9F2NO4/c12-8-5-10(14(16)17)9(13)4-7(8)11(15)18-6-2-1-3-6/h4-6H,1-3H2. The summed E-state index contributed by atoms with van der Waals surface area (Å²) in [6.45, 7) is 0. The number of esters is 1. The molecular formula is C11H9F2NO4. The highest BCUT2D eigenvalue weighted by Gasteiger charge is 2.27. The molecule has 1 aromatic carbocycles. The number of nitro groups is 1. The fourth-order valence-corrected chi connectivity index (χ4v) is 1.54. The first-order valence-electron chi connectivity index (χ1n) is 5.33. The van der Waals surface area contributed by atoms with Crippen LogP contribution in [0.25, 0.3) is 0 Å². The molecule has 0 saturated heterocycles. The number of hydrogen-bond acceptors (Lipinski definition) is 4. The zero-order valence-electron chi connectivity index (χ0n) is 9.19. The molecule has 2 rings (SSSR count). The fourth-order valence-electron chi connectivity index (χ4n) is 1.54. The van der Waals surface area contributed by atoms with Crippen LogP contribution in [0.3, 0.4) is 0 Å². The van der Waals surface area contributed by atoms with Crippen molar-refractivity contribution < 1.29 is 23.2 Å². The van der Waals surface area contributed by atoms with Crippen LogP contribution in [-0.4, -0.2) is 17.0 Å². The fraction of sp³-hybridized carbons (Fsp3) is 0.364. The van der Waals surface area contributed by atoms with E-state index in [0.717, 1.165) is 6.42 Å². The van der Waals surface area contributed by atoms with Crippen molar-refractivity contribution >= 4 is 11.7 Å². The predicted molar refractivity (Wildman–Crippen MR) is 56.1 cm³/mol. The van der Waals surface area contributed by atoms with Gasteiger partial charge in [0.05, 0.1) is 16.6 Å². The van der Waals surface area contributed by atoms with Gasteiger partial charge in [0, 0.05) is 0 Å². The van der Waals surface area contributed by atoms with Crippen LogP contribution < -0.4 is 0 Å². The van der Waals surface area contributed by atoms with Crippen molar-refractivity contribution in [3.05, 3.63) is 39.4 Å². The van der Waals surface area contributed by atoms with Crippen molar-refractivity contribution in [2.24, 2.45) is 0 Å². The van der Waals surface area contributed by atoms with E-state index >= 15 is 0 Å². The molecule has 0 N–H and O–H groups in total. The van der Waals surface area contributed by atoms with Gasteiger partial charge in [-0.3, -0.25) is 10.1 Å². The Hall–Kier alpha value is -2.05. The summed E-state index contributed by atoms with van der Waals surface area (Å²) in [4.78, 5) is 20.8. The highest BCUT2D eigenvalue weighted by atomic mass is 19.1. The molecule has 1 fully saturated rings. The first-order valence-corrected chi connectivity index (χ1v) is 5.33. The van der Waals surface area contributed by atoms with Gasteiger partial charge in [0.1, 0.15) is 11.9 Å². The van der Waals surface area contributed by atoms with Gasteiger partial charge >= 0.3 is 11.7 Å². The third kappa shape index (κ3) is 2.29. The lowest BCUT2D eigenvalue weighted by atomic mass is 9.96. The summed E-state index contributed by atoms with van der Waals surface area (Å²) in [5.74, 6) is -3.42. The van der Waals surface area contributed by atoms with Crippen molar-refractivity contribution in [2.75, 3.05) is 0 Å². The van der Waals surface area contributed by atoms with Gasteiger partial charge in [0.2, 0.25) is 5.82 Å². The zero-order chi connectivity index (χ0) is 13.3. The third-order valence-corrected chi connectivity index (χ3v) is 2.78. The molecule has 0 bridgehead atoms. The van der Waals surface area contributed by atoms with E-state index in [2.05, 4.69) is 0 Å². The first kappa shape index (κ1) is 12.4. The summed E-state index contributed by atoms with van der Waals surface area (Å²) in [6.07, 6.45) is 2.05. The Morgan fingerprint density at radius 2 is 2.00 bits per heavy atom. The highest BCUT2D eigenvalue weighted by Crippen LogP contribution is 2.26. The Bertz CT molecular complexity index is 514. The van der Waals surface area contributed by atoms with Crippen LogP contribution in [0.4, 0.5) is 14.5 Å². The normalized spacial score (nSPS) is 15.0. The van der Waals surface area contributed by atoms with Gasteiger partial charge in [-0.15, -0.1) is 0 Å². The summed E-state index contributed by atoms with van der Waals surface area (Å²) in [5, 5.41) is 10.4. The molecule has 0 radical (unpaired) electrons. The van der Waals surface area contributed by atoms with E-state index in [1.54, 1.807) is 0 Å². The topological polar surface area (TPSA) is 69.4 Å².